The normalized spacial score (nSPS) is 13.6. The largest absolute Gasteiger partial charge is 0.285 e. The van der Waals surface area contributed by atoms with E-state index in [4.69, 9.17) is 0 Å². The van der Waals surface area contributed by atoms with Crippen molar-refractivity contribution in [1.82, 2.24) is 3.97 Å². The van der Waals surface area contributed by atoms with E-state index in [0.717, 1.165) is 3.97 Å². The fourth-order valence-corrected chi connectivity index (χ4v) is 5.26. The van der Waals surface area contributed by atoms with E-state index in [9.17, 15) is 18.0 Å². The summed E-state index contributed by atoms with van der Waals surface area (Å²) in [5, 5.41) is 0. The first-order chi connectivity index (χ1) is 15.5. The summed E-state index contributed by atoms with van der Waals surface area (Å²) in [4.78, 5) is 26.4. The molecule has 4 aromatic rings. The molecule has 0 aliphatic heterocycles. The summed E-state index contributed by atoms with van der Waals surface area (Å²) in [6, 6.07) is 25.8. The van der Waals surface area contributed by atoms with Gasteiger partial charge in [-0.3, -0.25) is 9.59 Å². The Bertz CT molecular complexity index is 1480. The molecule has 1 aliphatic rings. The molecule has 1 heterocycles. The SMILES string of the molecule is O=C1C(=O)c2c(-c3ccccc3)cn(S(=O)(=O)c3ccccc3)c2C=C1c1ccccc1. The maximum atomic E-state index is 13.5. The van der Waals surface area contributed by atoms with Gasteiger partial charge in [0, 0.05) is 17.3 Å². The third kappa shape index (κ3) is 3.13. The summed E-state index contributed by atoms with van der Waals surface area (Å²) >= 11 is 0. The van der Waals surface area contributed by atoms with Crippen molar-refractivity contribution < 1.29 is 18.0 Å². The number of rotatable bonds is 4. The van der Waals surface area contributed by atoms with Crippen LogP contribution < -0.4 is 0 Å². The monoisotopic (exact) mass is 439 g/mol. The van der Waals surface area contributed by atoms with Gasteiger partial charge in [0.1, 0.15) is 0 Å². The van der Waals surface area contributed by atoms with Gasteiger partial charge in [-0.15, -0.1) is 0 Å². The molecule has 32 heavy (non-hydrogen) atoms. The Morgan fingerprint density at radius 2 is 1.16 bits per heavy atom. The summed E-state index contributed by atoms with van der Waals surface area (Å²) in [6.07, 6.45) is 2.93. The van der Waals surface area contributed by atoms with E-state index in [1.165, 1.54) is 24.4 Å². The molecule has 3 aromatic carbocycles. The van der Waals surface area contributed by atoms with Crippen molar-refractivity contribution in [2.45, 2.75) is 4.90 Å². The van der Waals surface area contributed by atoms with Crippen LogP contribution in [0.1, 0.15) is 21.6 Å². The lowest BCUT2D eigenvalue weighted by Crippen LogP contribution is -2.23. The van der Waals surface area contributed by atoms with E-state index in [0.29, 0.717) is 16.7 Å². The molecule has 0 saturated heterocycles. The second-order valence-electron chi connectivity index (χ2n) is 7.37. The van der Waals surface area contributed by atoms with Crippen LogP contribution in [0.3, 0.4) is 0 Å². The van der Waals surface area contributed by atoms with Crippen molar-refractivity contribution >= 4 is 33.2 Å². The van der Waals surface area contributed by atoms with Crippen molar-refractivity contribution in [1.29, 1.82) is 0 Å². The van der Waals surface area contributed by atoms with Gasteiger partial charge in [-0.25, -0.2) is 12.4 Å². The number of ketones is 2. The van der Waals surface area contributed by atoms with E-state index >= 15 is 0 Å². The van der Waals surface area contributed by atoms with Gasteiger partial charge in [-0.05, 0) is 29.3 Å². The van der Waals surface area contributed by atoms with Gasteiger partial charge in [0.15, 0.2) is 0 Å². The van der Waals surface area contributed by atoms with Crippen molar-refractivity contribution in [3.63, 3.8) is 0 Å². The highest BCUT2D eigenvalue weighted by Gasteiger charge is 2.36. The molecular weight excluding hydrogens is 422 g/mol. The van der Waals surface area contributed by atoms with Gasteiger partial charge >= 0.3 is 0 Å². The van der Waals surface area contributed by atoms with E-state index in [1.807, 2.05) is 6.07 Å². The summed E-state index contributed by atoms with van der Waals surface area (Å²) in [7, 11) is -4.01. The van der Waals surface area contributed by atoms with Gasteiger partial charge in [0.25, 0.3) is 10.0 Å². The minimum atomic E-state index is -4.01. The molecule has 5 rings (SSSR count). The van der Waals surface area contributed by atoms with E-state index in [-0.39, 0.29) is 21.7 Å². The third-order valence-electron chi connectivity index (χ3n) is 5.44. The number of fused-ring (bicyclic) bond motifs is 1. The molecule has 5 nitrogen and oxygen atoms in total. The molecule has 0 N–H and O–H groups in total. The average Bonchev–Trinajstić information content (AvgIpc) is 3.23. The quantitative estimate of drug-likeness (QED) is 0.432. The fourth-order valence-electron chi connectivity index (χ4n) is 3.89. The molecule has 0 spiro atoms. The van der Waals surface area contributed by atoms with Crippen LogP contribution in [0.5, 0.6) is 0 Å². The zero-order chi connectivity index (χ0) is 22.3. The average molecular weight is 439 g/mol. The smallest absolute Gasteiger partial charge is 0.268 e. The lowest BCUT2D eigenvalue weighted by atomic mass is 9.87. The lowest BCUT2D eigenvalue weighted by Gasteiger charge is -2.16. The van der Waals surface area contributed by atoms with E-state index in [2.05, 4.69) is 0 Å². The number of carbonyl (C=O) groups excluding carboxylic acids is 2. The molecule has 0 saturated carbocycles. The first kappa shape index (κ1) is 19.9. The summed E-state index contributed by atoms with van der Waals surface area (Å²) in [5.74, 6) is -1.38. The molecule has 6 heteroatoms. The van der Waals surface area contributed by atoms with Gasteiger partial charge < -0.3 is 0 Å². The van der Waals surface area contributed by atoms with Crippen molar-refractivity contribution in [2.24, 2.45) is 0 Å². The minimum absolute atomic E-state index is 0.0939. The Morgan fingerprint density at radius 3 is 1.75 bits per heavy atom. The van der Waals surface area contributed by atoms with E-state index in [1.54, 1.807) is 72.8 Å². The van der Waals surface area contributed by atoms with Crippen LogP contribution in [-0.4, -0.2) is 24.0 Å². The number of allylic oxidation sites excluding steroid dienone is 1. The van der Waals surface area contributed by atoms with Crippen LogP contribution in [0.25, 0.3) is 22.8 Å². The molecule has 156 valence electrons. The Labute approximate surface area is 185 Å². The predicted octanol–water partition coefficient (Wildman–Crippen LogP) is 4.70. The number of hydrogen-bond acceptors (Lipinski definition) is 4. The van der Waals surface area contributed by atoms with Gasteiger partial charge in [-0.2, -0.15) is 0 Å². The van der Waals surface area contributed by atoms with Crippen LogP contribution in [0, 0.1) is 0 Å². The summed E-state index contributed by atoms with van der Waals surface area (Å²) in [6.45, 7) is 0. The number of hydrogen-bond donors (Lipinski definition) is 0. The first-order valence-corrected chi connectivity index (χ1v) is 11.4. The summed E-state index contributed by atoms with van der Waals surface area (Å²) < 4.78 is 28.1. The maximum absolute atomic E-state index is 13.5. The number of carbonyl (C=O) groups is 2. The highest BCUT2D eigenvalue weighted by molar-refractivity contribution is 7.90. The number of Topliss-reactive ketones (excluding diaryl/α,β-unsaturated/α-hetero) is 2. The second kappa shape index (κ2) is 7.59. The Morgan fingerprint density at radius 1 is 0.625 bits per heavy atom. The van der Waals surface area contributed by atoms with Crippen LogP contribution in [0.2, 0.25) is 0 Å². The molecule has 0 bridgehead atoms. The molecule has 0 atom stereocenters. The highest BCUT2D eigenvalue weighted by atomic mass is 32.2. The molecule has 0 radical (unpaired) electrons. The second-order valence-corrected chi connectivity index (χ2v) is 9.18. The zero-order valence-corrected chi connectivity index (χ0v) is 17.6. The summed E-state index contributed by atoms with van der Waals surface area (Å²) in [5.41, 5.74) is 2.06. The first-order valence-electron chi connectivity index (χ1n) is 9.96. The lowest BCUT2D eigenvalue weighted by molar-refractivity contribution is -0.110. The third-order valence-corrected chi connectivity index (χ3v) is 7.13. The van der Waals surface area contributed by atoms with Gasteiger partial charge in [0.05, 0.1) is 16.2 Å². The minimum Gasteiger partial charge on any atom is -0.285 e. The molecule has 0 fully saturated rings. The van der Waals surface area contributed by atoms with Crippen molar-refractivity contribution in [3.8, 4) is 11.1 Å². The van der Waals surface area contributed by atoms with Crippen molar-refractivity contribution in [3.05, 3.63) is 114 Å². The molecule has 1 aromatic heterocycles. The Hall–Kier alpha value is -4.03. The van der Waals surface area contributed by atoms with Crippen LogP contribution in [0.4, 0.5) is 0 Å². The molecule has 1 aliphatic carbocycles. The zero-order valence-electron chi connectivity index (χ0n) is 16.8. The Kier molecular flexibility index (Phi) is 4.72. The van der Waals surface area contributed by atoms with Crippen LogP contribution in [0.15, 0.2) is 102 Å². The number of aromatic nitrogens is 1. The molecular formula is C26H17NO4S. The van der Waals surface area contributed by atoms with Gasteiger partial charge in [-0.1, -0.05) is 78.9 Å². The number of nitrogens with zero attached hydrogens (tertiary/aromatic N) is 1. The fraction of sp³-hybridized carbons (Fsp3) is 0. The Balaban J connectivity index is 1.83. The standard InChI is InChI=1S/C26H17NO4S/c28-25-21(18-10-4-1-5-11-18)16-23-24(26(25)29)22(19-12-6-2-7-13-19)17-27(23)32(30,31)20-14-8-3-9-15-20/h1-17H. The topological polar surface area (TPSA) is 73.2 Å². The van der Waals surface area contributed by atoms with Crippen LogP contribution >= 0.6 is 0 Å². The maximum Gasteiger partial charge on any atom is 0.268 e. The van der Waals surface area contributed by atoms with E-state index < -0.39 is 21.6 Å². The van der Waals surface area contributed by atoms with Crippen LogP contribution in [-0.2, 0) is 14.8 Å². The molecule has 0 amide bonds. The molecule has 0 unspecified atom stereocenters. The predicted molar refractivity (Wildman–Crippen MR) is 123 cm³/mol. The highest BCUT2D eigenvalue weighted by Crippen LogP contribution is 2.37. The van der Waals surface area contributed by atoms with Gasteiger partial charge in [0.2, 0.25) is 11.6 Å². The van der Waals surface area contributed by atoms with Crippen molar-refractivity contribution in [2.75, 3.05) is 0 Å². The number of benzene rings is 3.